The highest BCUT2D eigenvalue weighted by atomic mass is 35.5. The third-order valence-electron chi connectivity index (χ3n) is 5.33. The van der Waals surface area contributed by atoms with E-state index in [1.54, 1.807) is 12.3 Å². The summed E-state index contributed by atoms with van der Waals surface area (Å²) in [6, 6.07) is 6.36. The van der Waals surface area contributed by atoms with Crippen LogP contribution in [0, 0.1) is 5.82 Å². The van der Waals surface area contributed by atoms with Gasteiger partial charge in [0.15, 0.2) is 11.5 Å². The fraction of sp³-hybridized carbons (Fsp3) is 0.350. The van der Waals surface area contributed by atoms with Gasteiger partial charge in [-0.2, -0.15) is 0 Å². The van der Waals surface area contributed by atoms with Crippen LogP contribution in [0.5, 0.6) is 0 Å². The highest BCUT2D eigenvalue weighted by Crippen LogP contribution is 2.23. The largest absolute Gasteiger partial charge is 0.409 e. The van der Waals surface area contributed by atoms with E-state index in [-0.39, 0.29) is 10.9 Å². The Bertz CT molecular complexity index is 1050. The molecule has 1 aliphatic rings. The molecule has 4 rings (SSSR count). The van der Waals surface area contributed by atoms with E-state index in [2.05, 4.69) is 37.4 Å². The number of benzene rings is 1. The van der Waals surface area contributed by atoms with E-state index in [4.69, 9.17) is 11.6 Å². The topological polar surface area (TPSA) is 89.4 Å². The number of rotatable bonds is 4. The average molecular weight is 417 g/mol. The van der Waals surface area contributed by atoms with Gasteiger partial charge in [-0.15, -0.1) is 0 Å². The SMILES string of the molecule is CN1CCCCC1Cc1nc2nccc(/C(=N\O)Nc3ccc(F)c(Cl)c3)c2[nH]1. The molecule has 7 nitrogen and oxygen atoms in total. The predicted molar refractivity (Wildman–Crippen MR) is 111 cm³/mol. The van der Waals surface area contributed by atoms with E-state index in [0.29, 0.717) is 28.5 Å². The molecule has 0 bridgehead atoms. The molecule has 1 saturated heterocycles. The number of hydrogen-bond acceptors (Lipinski definition) is 5. The Morgan fingerprint density at radius 2 is 2.28 bits per heavy atom. The van der Waals surface area contributed by atoms with Crippen LogP contribution >= 0.6 is 11.6 Å². The molecule has 0 saturated carbocycles. The molecule has 0 amide bonds. The minimum atomic E-state index is -0.517. The molecular weight excluding hydrogens is 395 g/mol. The molecule has 0 aliphatic carbocycles. The quantitative estimate of drug-likeness (QED) is 0.258. The Kier molecular flexibility index (Phi) is 5.64. The lowest BCUT2D eigenvalue weighted by molar-refractivity contribution is 0.183. The van der Waals surface area contributed by atoms with Crippen molar-refractivity contribution in [2.75, 3.05) is 18.9 Å². The number of amidine groups is 1. The lowest BCUT2D eigenvalue weighted by Crippen LogP contribution is -2.37. The summed E-state index contributed by atoms with van der Waals surface area (Å²) >= 11 is 5.84. The number of piperidine rings is 1. The van der Waals surface area contributed by atoms with Crippen LogP contribution in [0.4, 0.5) is 10.1 Å². The van der Waals surface area contributed by atoms with Gasteiger partial charge in [0, 0.05) is 29.9 Å². The zero-order valence-electron chi connectivity index (χ0n) is 16.0. The molecule has 0 spiro atoms. The van der Waals surface area contributed by atoms with Gasteiger partial charge in [0.2, 0.25) is 0 Å². The minimum Gasteiger partial charge on any atom is -0.409 e. The molecule has 3 aromatic rings. The Hall–Kier alpha value is -2.71. The smallest absolute Gasteiger partial charge is 0.179 e. The summed E-state index contributed by atoms with van der Waals surface area (Å²) in [5.41, 5.74) is 2.33. The van der Waals surface area contributed by atoms with Crippen LogP contribution in [0.25, 0.3) is 11.2 Å². The number of pyridine rings is 1. The third kappa shape index (κ3) is 4.18. The number of imidazole rings is 1. The number of aromatic amines is 1. The zero-order chi connectivity index (χ0) is 20.4. The summed E-state index contributed by atoms with van der Waals surface area (Å²) < 4.78 is 13.4. The highest BCUT2D eigenvalue weighted by molar-refractivity contribution is 6.31. The molecule has 3 N–H and O–H groups in total. The minimum absolute atomic E-state index is 0.0207. The van der Waals surface area contributed by atoms with E-state index in [1.807, 2.05) is 0 Å². The molecule has 1 unspecified atom stereocenters. The third-order valence-corrected chi connectivity index (χ3v) is 5.62. The standard InChI is InChI=1S/C20H22ClFN6O/c1-28-9-3-2-4-13(28)11-17-25-18-14(7-8-23-20(18)26-17)19(27-29)24-12-5-6-16(22)15(21)10-12/h5-8,10,13,29H,2-4,9,11H2,1H3,(H,24,27)(H,23,25,26). The Labute approximate surface area is 172 Å². The number of halogens is 2. The van der Waals surface area contributed by atoms with E-state index in [1.165, 1.54) is 31.0 Å². The van der Waals surface area contributed by atoms with Gasteiger partial charge in [0.25, 0.3) is 0 Å². The second-order valence-electron chi connectivity index (χ2n) is 7.28. The van der Waals surface area contributed by atoms with Gasteiger partial charge < -0.3 is 20.4 Å². The Balaban J connectivity index is 1.62. The summed E-state index contributed by atoms with van der Waals surface area (Å²) in [6.45, 7) is 1.10. The van der Waals surface area contributed by atoms with Crippen molar-refractivity contribution < 1.29 is 9.60 Å². The van der Waals surface area contributed by atoms with Crippen molar-refractivity contribution in [2.45, 2.75) is 31.7 Å². The number of likely N-dealkylation sites (tertiary alicyclic amines) is 1. The second-order valence-corrected chi connectivity index (χ2v) is 7.68. The number of likely N-dealkylation sites (N-methyl/N-ethyl adjacent to an activating group) is 1. The molecule has 1 fully saturated rings. The number of hydrogen-bond donors (Lipinski definition) is 3. The van der Waals surface area contributed by atoms with E-state index in [9.17, 15) is 9.60 Å². The van der Waals surface area contributed by atoms with Gasteiger partial charge in [0.05, 0.1) is 10.5 Å². The van der Waals surface area contributed by atoms with Crippen LogP contribution in [0.15, 0.2) is 35.6 Å². The van der Waals surface area contributed by atoms with E-state index in [0.717, 1.165) is 25.2 Å². The molecule has 1 atom stereocenters. The molecule has 2 aromatic heterocycles. The molecule has 9 heteroatoms. The van der Waals surface area contributed by atoms with Crippen LogP contribution in [0.2, 0.25) is 5.02 Å². The fourth-order valence-corrected chi connectivity index (χ4v) is 3.92. The van der Waals surface area contributed by atoms with Crippen molar-refractivity contribution in [2.24, 2.45) is 5.16 Å². The summed E-state index contributed by atoms with van der Waals surface area (Å²) in [7, 11) is 2.14. The molecule has 1 aromatic carbocycles. The van der Waals surface area contributed by atoms with Crippen LogP contribution in [0.3, 0.4) is 0 Å². The first-order valence-electron chi connectivity index (χ1n) is 9.53. The number of aromatic nitrogens is 3. The molecule has 1 aliphatic heterocycles. The number of nitrogens with zero attached hydrogens (tertiary/aromatic N) is 4. The molecule has 3 heterocycles. The summed E-state index contributed by atoms with van der Waals surface area (Å²) in [5, 5.41) is 15.9. The van der Waals surface area contributed by atoms with Gasteiger partial charge in [0.1, 0.15) is 11.6 Å². The monoisotopic (exact) mass is 416 g/mol. The van der Waals surface area contributed by atoms with E-state index < -0.39 is 5.82 Å². The highest BCUT2D eigenvalue weighted by Gasteiger charge is 2.21. The Morgan fingerprint density at radius 3 is 3.03 bits per heavy atom. The summed E-state index contributed by atoms with van der Waals surface area (Å²) in [4.78, 5) is 14.7. The van der Waals surface area contributed by atoms with Crippen molar-refractivity contribution in [3.63, 3.8) is 0 Å². The van der Waals surface area contributed by atoms with Crippen molar-refractivity contribution in [1.29, 1.82) is 0 Å². The van der Waals surface area contributed by atoms with Crippen molar-refractivity contribution in [3.8, 4) is 0 Å². The van der Waals surface area contributed by atoms with Crippen LogP contribution in [0.1, 0.15) is 30.7 Å². The predicted octanol–water partition coefficient (Wildman–Crippen LogP) is 4.03. The maximum absolute atomic E-state index is 13.4. The van der Waals surface area contributed by atoms with Crippen molar-refractivity contribution in [3.05, 3.63) is 52.7 Å². The zero-order valence-corrected chi connectivity index (χ0v) is 16.7. The first-order chi connectivity index (χ1) is 14.0. The first-order valence-corrected chi connectivity index (χ1v) is 9.91. The Morgan fingerprint density at radius 1 is 1.41 bits per heavy atom. The van der Waals surface area contributed by atoms with Gasteiger partial charge in [-0.3, -0.25) is 0 Å². The molecule has 0 radical (unpaired) electrons. The molecule has 29 heavy (non-hydrogen) atoms. The fourth-order valence-electron chi connectivity index (χ4n) is 3.73. The van der Waals surface area contributed by atoms with Crippen molar-refractivity contribution in [1.82, 2.24) is 19.9 Å². The summed E-state index contributed by atoms with van der Waals surface area (Å²) in [6.07, 6.45) is 6.01. The lowest BCUT2D eigenvalue weighted by Gasteiger charge is -2.31. The maximum atomic E-state index is 13.4. The van der Waals surface area contributed by atoms with E-state index >= 15 is 0 Å². The van der Waals surface area contributed by atoms with Gasteiger partial charge in [-0.25, -0.2) is 14.4 Å². The number of fused-ring (bicyclic) bond motifs is 1. The summed E-state index contributed by atoms with van der Waals surface area (Å²) in [5.74, 6) is 0.516. The van der Waals surface area contributed by atoms with Crippen molar-refractivity contribution >= 4 is 34.3 Å². The van der Waals surface area contributed by atoms with Gasteiger partial charge >= 0.3 is 0 Å². The maximum Gasteiger partial charge on any atom is 0.179 e. The number of nitrogens with one attached hydrogen (secondary N) is 2. The average Bonchev–Trinajstić information content (AvgIpc) is 3.13. The van der Waals surface area contributed by atoms with Crippen LogP contribution < -0.4 is 5.32 Å². The number of anilines is 1. The first kappa shape index (κ1) is 19.6. The molecule has 152 valence electrons. The number of H-pyrrole nitrogens is 1. The van der Waals surface area contributed by atoms with Crippen LogP contribution in [-0.4, -0.2) is 50.5 Å². The van der Waals surface area contributed by atoms with Gasteiger partial charge in [-0.1, -0.05) is 23.2 Å². The van der Waals surface area contributed by atoms with Crippen LogP contribution in [-0.2, 0) is 6.42 Å². The normalized spacial score (nSPS) is 18.3. The number of oxime groups is 1. The molecular formula is C20H22ClFN6O. The van der Waals surface area contributed by atoms with Gasteiger partial charge in [-0.05, 0) is 50.7 Å². The lowest BCUT2D eigenvalue weighted by atomic mass is 10.00. The second kappa shape index (κ2) is 8.34.